The van der Waals surface area contributed by atoms with Crippen molar-refractivity contribution in [2.75, 3.05) is 4.72 Å². The molecule has 0 aliphatic carbocycles. The number of anilines is 1. The predicted octanol–water partition coefficient (Wildman–Crippen LogP) is 3.05. The van der Waals surface area contributed by atoms with E-state index in [2.05, 4.69) is 9.71 Å². The molecule has 2 rings (SSSR count). The van der Waals surface area contributed by atoms with Crippen LogP contribution < -0.4 is 4.72 Å². The van der Waals surface area contributed by atoms with E-state index in [0.717, 1.165) is 11.3 Å². The number of hydrogen-bond donors (Lipinski definition) is 2. The van der Waals surface area contributed by atoms with Gasteiger partial charge in [-0.15, -0.1) is 11.3 Å². The van der Waals surface area contributed by atoms with Crippen molar-refractivity contribution in [1.82, 2.24) is 4.98 Å². The van der Waals surface area contributed by atoms with Crippen LogP contribution in [0, 0.1) is 6.92 Å². The van der Waals surface area contributed by atoms with Crippen LogP contribution in [0.5, 0.6) is 0 Å². The van der Waals surface area contributed by atoms with Crippen LogP contribution in [0.1, 0.15) is 11.3 Å². The molecular formula is C11H10Cl2N2O3S2. The van der Waals surface area contributed by atoms with Crippen LogP contribution in [0.25, 0.3) is 0 Å². The molecule has 108 valence electrons. The van der Waals surface area contributed by atoms with Gasteiger partial charge in [0.05, 0.1) is 17.3 Å². The molecule has 0 aliphatic heterocycles. The first-order valence-corrected chi connectivity index (χ1v) is 8.49. The lowest BCUT2D eigenvalue weighted by Gasteiger charge is -2.10. The minimum Gasteiger partial charge on any atom is -0.392 e. The van der Waals surface area contributed by atoms with Crippen LogP contribution >= 0.6 is 34.5 Å². The Morgan fingerprint density at radius 2 is 2.10 bits per heavy atom. The molecule has 2 aromatic rings. The number of hydrogen-bond acceptors (Lipinski definition) is 5. The molecule has 2 N–H and O–H groups in total. The second-order valence-corrected chi connectivity index (χ2v) is 7.26. The Kier molecular flexibility index (Phi) is 4.55. The van der Waals surface area contributed by atoms with Crippen LogP contribution in [0.15, 0.2) is 22.4 Å². The van der Waals surface area contributed by atoms with Gasteiger partial charge in [0.25, 0.3) is 10.0 Å². The SMILES string of the molecule is Cc1csc(NS(=O)(=O)c2cc(Cl)cc(CO)c2Cl)n1. The van der Waals surface area contributed by atoms with Crippen molar-refractivity contribution in [3.05, 3.63) is 38.8 Å². The number of aryl methyl sites for hydroxylation is 1. The number of nitrogens with one attached hydrogen (secondary N) is 1. The van der Waals surface area contributed by atoms with Gasteiger partial charge in [-0.05, 0) is 24.6 Å². The fourth-order valence-electron chi connectivity index (χ4n) is 1.50. The molecule has 0 unspecified atom stereocenters. The van der Waals surface area contributed by atoms with Gasteiger partial charge in [-0.25, -0.2) is 13.4 Å². The highest BCUT2D eigenvalue weighted by molar-refractivity contribution is 7.93. The van der Waals surface area contributed by atoms with E-state index in [4.69, 9.17) is 28.3 Å². The molecule has 0 spiro atoms. The normalized spacial score (nSPS) is 11.6. The van der Waals surface area contributed by atoms with E-state index in [1.54, 1.807) is 12.3 Å². The molecular weight excluding hydrogens is 343 g/mol. The van der Waals surface area contributed by atoms with Crippen molar-refractivity contribution in [1.29, 1.82) is 0 Å². The van der Waals surface area contributed by atoms with Gasteiger partial charge in [0.15, 0.2) is 5.13 Å². The number of thiazole rings is 1. The van der Waals surface area contributed by atoms with Gasteiger partial charge in [-0.2, -0.15) is 0 Å². The monoisotopic (exact) mass is 352 g/mol. The Morgan fingerprint density at radius 1 is 1.40 bits per heavy atom. The standard InChI is InChI=1S/C11H10Cl2N2O3S2/c1-6-5-19-11(14-6)15-20(17,18)9-3-8(12)2-7(4-16)10(9)13/h2-3,5,16H,4H2,1H3,(H,14,15). The molecule has 9 heteroatoms. The minimum absolute atomic E-state index is 0.0577. The summed E-state index contributed by atoms with van der Waals surface area (Å²) in [5.41, 5.74) is 0.954. The van der Waals surface area contributed by atoms with Gasteiger partial charge in [0.1, 0.15) is 4.90 Å². The summed E-state index contributed by atoms with van der Waals surface area (Å²) >= 11 is 13.0. The van der Waals surface area contributed by atoms with Gasteiger partial charge >= 0.3 is 0 Å². The average Bonchev–Trinajstić information content (AvgIpc) is 2.76. The summed E-state index contributed by atoms with van der Waals surface area (Å²) in [6, 6.07) is 2.64. The Balaban J connectivity index is 2.46. The fraction of sp³-hybridized carbons (Fsp3) is 0.182. The van der Waals surface area contributed by atoms with Crippen LogP contribution in [-0.4, -0.2) is 18.5 Å². The molecule has 0 radical (unpaired) electrons. The van der Waals surface area contributed by atoms with Gasteiger partial charge in [0.2, 0.25) is 0 Å². The summed E-state index contributed by atoms with van der Waals surface area (Å²) in [4.78, 5) is 3.83. The molecule has 0 amide bonds. The Hall–Kier alpha value is -0.860. The second kappa shape index (κ2) is 5.87. The number of halogens is 2. The zero-order chi connectivity index (χ0) is 14.9. The molecule has 0 aliphatic rings. The first kappa shape index (κ1) is 15.5. The molecule has 1 aromatic heterocycles. The number of aromatic nitrogens is 1. The minimum atomic E-state index is -3.92. The largest absolute Gasteiger partial charge is 0.392 e. The molecule has 0 saturated carbocycles. The summed E-state index contributed by atoms with van der Waals surface area (Å²) in [6.07, 6.45) is 0. The zero-order valence-corrected chi connectivity index (χ0v) is 13.4. The van der Waals surface area contributed by atoms with E-state index in [1.165, 1.54) is 12.1 Å². The lowest BCUT2D eigenvalue weighted by Crippen LogP contribution is -2.14. The van der Waals surface area contributed by atoms with E-state index in [0.29, 0.717) is 5.69 Å². The van der Waals surface area contributed by atoms with Crippen molar-refractivity contribution < 1.29 is 13.5 Å². The van der Waals surface area contributed by atoms with E-state index in [-0.39, 0.29) is 25.6 Å². The lowest BCUT2D eigenvalue weighted by molar-refractivity contribution is 0.281. The van der Waals surface area contributed by atoms with E-state index in [1.807, 2.05) is 0 Å². The molecule has 5 nitrogen and oxygen atoms in total. The molecule has 0 fully saturated rings. The molecule has 1 heterocycles. The maximum Gasteiger partial charge on any atom is 0.265 e. The number of nitrogens with zero attached hydrogens (tertiary/aromatic N) is 1. The topological polar surface area (TPSA) is 79.3 Å². The van der Waals surface area contributed by atoms with Crippen LogP contribution in [0.4, 0.5) is 5.13 Å². The Labute approximate surface area is 130 Å². The number of benzene rings is 1. The number of aliphatic hydroxyl groups is 1. The van der Waals surface area contributed by atoms with Crippen LogP contribution in [0.3, 0.4) is 0 Å². The van der Waals surface area contributed by atoms with Gasteiger partial charge in [-0.1, -0.05) is 23.2 Å². The van der Waals surface area contributed by atoms with Gasteiger partial charge < -0.3 is 5.11 Å². The van der Waals surface area contributed by atoms with Crippen molar-refractivity contribution in [3.8, 4) is 0 Å². The number of rotatable bonds is 4. The number of sulfonamides is 1. The maximum absolute atomic E-state index is 12.3. The fourth-order valence-corrected chi connectivity index (χ4v) is 4.37. The highest BCUT2D eigenvalue weighted by Crippen LogP contribution is 2.31. The highest BCUT2D eigenvalue weighted by atomic mass is 35.5. The van der Waals surface area contributed by atoms with Gasteiger partial charge in [-0.3, -0.25) is 4.72 Å². The number of aliphatic hydroxyl groups excluding tert-OH is 1. The molecule has 0 atom stereocenters. The quantitative estimate of drug-likeness (QED) is 0.886. The Bertz CT molecular complexity index is 744. The van der Waals surface area contributed by atoms with Crippen molar-refractivity contribution >= 4 is 49.7 Å². The third-order valence-electron chi connectivity index (χ3n) is 2.38. The highest BCUT2D eigenvalue weighted by Gasteiger charge is 2.22. The van der Waals surface area contributed by atoms with Crippen molar-refractivity contribution in [2.24, 2.45) is 0 Å². The second-order valence-electron chi connectivity index (χ2n) is 3.93. The first-order chi connectivity index (χ1) is 9.33. The molecule has 0 bridgehead atoms. The third-order valence-corrected chi connectivity index (χ3v) is 5.52. The van der Waals surface area contributed by atoms with Crippen LogP contribution in [-0.2, 0) is 16.6 Å². The maximum atomic E-state index is 12.3. The summed E-state index contributed by atoms with van der Waals surface area (Å²) < 4.78 is 26.9. The predicted molar refractivity (Wildman–Crippen MR) is 80.0 cm³/mol. The lowest BCUT2D eigenvalue weighted by atomic mass is 10.2. The van der Waals surface area contributed by atoms with E-state index in [9.17, 15) is 8.42 Å². The molecule has 1 aromatic carbocycles. The van der Waals surface area contributed by atoms with Crippen molar-refractivity contribution in [2.45, 2.75) is 18.4 Å². The van der Waals surface area contributed by atoms with Crippen LogP contribution in [0.2, 0.25) is 10.0 Å². The smallest absolute Gasteiger partial charge is 0.265 e. The summed E-state index contributed by atoms with van der Waals surface area (Å²) in [7, 11) is -3.92. The Morgan fingerprint density at radius 3 is 2.65 bits per heavy atom. The summed E-state index contributed by atoms with van der Waals surface area (Å²) in [5.74, 6) is 0. The summed E-state index contributed by atoms with van der Waals surface area (Å²) in [5, 5.41) is 11.2. The van der Waals surface area contributed by atoms with Crippen molar-refractivity contribution in [3.63, 3.8) is 0 Å². The average molecular weight is 353 g/mol. The van der Waals surface area contributed by atoms with E-state index >= 15 is 0 Å². The summed E-state index contributed by atoms with van der Waals surface area (Å²) in [6.45, 7) is 1.35. The zero-order valence-electron chi connectivity index (χ0n) is 10.2. The molecule has 20 heavy (non-hydrogen) atoms. The third kappa shape index (κ3) is 3.24. The van der Waals surface area contributed by atoms with Gasteiger partial charge in [0, 0.05) is 10.4 Å². The molecule has 0 saturated heterocycles. The first-order valence-electron chi connectivity index (χ1n) is 5.37. The van der Waals surface area contributed by atoms with E-state index < -0.39 is 16.6 Å².